The topological polar surface area (TPSA) is 93.5 Å². The predicted octanol–water partition coefficient (Wildman–Crippen LogP) is 7.39. The number of aromatic nitrogens is 1. The average molecular weight is 574 g/mol. The fourth-order valence-electron chi connectivity index (χ4n) is 4.09. The molecule has 1 aromatic heterocycles. The molecule has 1 amide bonds. The summed E-state index contributed by atoms with van der Waals surface area (Å²) >= 11 is 7.42. The highest BCUT2D eigenvalue weighted by atomic mass is 35.5. The molecule has 9 heteroatoms. The number of anilines is 1. The molecule has 1 atom stereocenters. The zero-order valence-electron chi connectivity index (χ0n) is 22.7. The average Bonchev–Trinajstić information content (AvgIpc) is 2.98. The van der Waals surface area contributed by atoms with Crippen molar-refractivity contribution >= 4 is 35.0 Å². The van der Waals surface area contributed by atoms with Gasteiger partial charge in [0.25, 0.3) is 0 Å². The van der Waals surface area contributed by atoms with E-state index in [-0.39, 0.29) is 5.91 Å². The highest BCUT2D eigenvalue weighted by Crippen LogP contribution is 2.41. The molecule has 7 nitrogen and oxygen atoms in total. The predicted molar refractivity (Wildman–Crippen MR) is 160 cm³/mol. The van der Waals surface area contributed by atoms with Gasteiger partial charge in [-0.2, -0.15) is 5.26 Å². The van der Waals surface area contributed by atoms with Crippen LogP contribution >= 0.6 is 23.4 Å². The molecule has 1 heterocycles. The summed E-state index contributed by atoms with van der Waals surface area (Å²) in [6, 6.07) is 22.7. The maximum atomic E-state index is 13.3. The van der Waals surface area contributed by atoms with E-state index in [1.807, 2.05) is 49.4 Å². The fourth-order valence-corrected chi connectivity index (χ4v) is 5.17. The van der Waals surface area contributed by atoms with Crippen LogP contribution in [0.4, 0.5) is 5.69 Å². The molecule has 0 radical (unpaired) electrons. The number of ether oxygens (including phenoxy) is 3. The van der Waals surface area contributed by atoms with E-state index in [4.69, 9.17) is 30.8 Å². The number of carbonyl (C=O) groups excluding carboxylic acids is 1. The van der Waals surface area contributed by atoms with Gasteiger partial charge in [-0.1, -0.05) is 53.7 Å². The summed E-state index contributed by atoms with van der Waals surface area (Å²) < 4.78 is 16.5. The third-order valence-electron chi connectivity index (χ3n) is 6.26. The van der Waals surface area contributed by atoms with E-state index >= 15 is 0 Å². The van der Waals surface area contributed by atoms with Gasteiger partial charge in [-0.25, -0.2) is 4.98 Å². The Labute approximate surface area is 243 Å². The van der Waals surface area contributed by atoms with Crippen LogP contribution in [0.15, 0.2) is 71.8 Å². The van der Waals surface area contributed by atoms with Gasteiger partial charge in [0.2, 0.25) is 5.91 Å². The van der Waals surface area contributed by atoms with Crippen molar-refractivity contribution in [1.29, 1.82) is 5.26 Å². The summed E-state index contributed by atoms with van der Waals surface area (Å²) in [6.45, 7) is 3.61. The lowest BCUT2D eigenvalue weighted by Gasteiger charge is -2.18. The van der Waals surface area contributed by atoms with Crippen molar-refractivity contribution in [3.63, 3.8) is 0 Å². The van der Waals surface area contributed by atoms with Crippen molar-refractivity contribution < 1.29 is 19.0 Å². The van der Waals surface area contributed by atoms with Crippen LogP contribution in [0.3, 0.4) is 0 Å². The Morgan fingerprint density at radius 2 is 1.70 bits per heavy atom. The molecule has 0 aliphatic carbocycles. The molecular formula is C31H28ClN3O4S. The summed E-state index contributed by atoms with van der Waals surface area (Å²) in [6.07, 6.45) is 0. The van der Waals surface area contributed by atoms with Gasteiger partial charge in [-0.05, 0) is 49.7 Å². The molecule has 0 fully saturated rings. The maximum Gasteiger partial charge on any atom is 0.237 e. The Balaban J connectivity index is 1.79. The summed E-state index contributed by atoms with van der Waals surface area (Å²) in [4.78, 5) is 18.1. The number of halogens is 1. The van der Waals surface area contributed by atoms with Crippen molar-refractivity contribution in [3.8, 4) is 45.7 Å². The molecule has 0 aliphatic heterocycles. The number of hydrogen-bond acceptors (Lipinski definition) is 7. The standard InChI is InChI=1S/C31H28ClN3O4S/c1-18-13-27(29(39-5)16-25(18)32)34-30(36)19(2)40-31-24(17-33)22(15-26(35-31)20-9-7-6-8-10-20)23-14-21(37-3)11-12-28(23)38-4/h6-16,19H,1-5H3,(H,34,36). The number of methoxy groups -OCH3 is 3. The summed E-state index contributed by atoms with van der Waals surface area (Å²) in [5.74, 6) is 1.37. The SMILES string of the molecule is COc1ccc(OC)c(-c2cc(-c3ccccc3)nc(SC(C)C(=O)Nc3cc(C)c(Cl)cc3OC)c2C#N)c1. The summed E-state index contributed by atoms with van der Waals surface area (Å²) in [7, 11) is 4.67. The van der Waals surface area contributed by atoms with E-state index < -0.39 is 5.25 Å². The van der Waals surface area contributed by atoms with Gasteiger partial charge in [0, 0.05) is 27.8 Å². The van der Waals surface area contributed by atoms with Gasteiger partial charge in [0.1, 0.15) is 28.3 Å². The molecule has 0 saturated heterocycles. The number of nitrogens with zero attached hydrogens (tertiary/aromatic N) is 2. The molecule has 4 rings (SSSR count). The van der Waals surface area contributed by atoms with Gasteiger partial charge in [0.15, 0.2) is 0 Å². The fraction of sp³-hybridized carbons (Fsp3) is 0.194. The number of nitriles is 1. The number of nitrogens with one attached hydrogen (secondary N) is 1. The second kappa shape index (κ2) is 12.8. The van der Waals surface area contributed by atoms with Crippen LogP contribution in [0.25, 0.3) is 22.4 Å². The van der Waals surface area contributed by atoms with Gasteiger partial charge in [-0.3, -0.25) is 4.79 Å². The number of hydrogen-bond donors (Lipinski definition) is 1. The van der Waals surface area contributed by atoms with E-state index in [9.17, 15) is 10.1 Å². The molecular weight excluding hydrogens is 546 g/mol. The largest absolute Gasteiger partial charge is 0.497 e. The van der Waals surface area contributed by atoms with Crippen LogP contribution in [0.1, 0.15) is 18.1 Å². The van der Waals surface area contributed by atoms with Gasteiger partial charge >= 0.3 is 0 Å². The molecule has 204 valence electrons. The van der Waals surface area contributed by atoms with Crippen LogP contribution in [-0.2, 0) is 4.79 Å². The van der Waals surface area contributed by atoms with E-state index in [0.29, 0.717) is 55.4 Å². The van der Waals surface area contributed by atoms with E-state index in [1.54, 1.807) is 45.4 Å². The summed E-state index contributed by atoms with van der Waals surface area (Å²) in [5, 5.41) is 13.6. The molecule has 3 aromatic carbocycles. The second-order valence-corrected chi connectivity index (χ2v) is 10.6. The Bertz CT molecular complexity index is 1590. The van der Waals surface area contributed by atoms with Gasteiger partial charge in [0.05, 0.1) is 43.5 Å². The molecule has 0 spiro atoms. The van der Waals surface area contributed by atoms with E-state index in [2.05, 4.69) is 11.4 Å². The minimum Gasteiger partial charge on any atom is -0.497 e. The molecule has 4 aromatic rings. The Morgan fingerprint density at radius 3 is 2.35 bits per heavy atom. The Kier molecular flexibility index (Phi) is 9.20. The van der Waals surface area contributed by atoms with Crippen molar-refractivity contribution in [1.82, 2.24) is 4.98 Å². The number of carbonyl (C=O) groups is 1. The van der Waals surface area contributed by atoms with Crippen LogP contribution in [-0.4, -0.2) is 37.5 Å². The van der Waals surface area contributed by atoms with Crippen LogP contribution < -0.4 is 19.5 Å². The monoisotopic (exact) mass is 573 g/mol. The smallest absolute Gasteiger partial charge is 0.237 e. The Hall–Kier alpha value is -4.19. The van der Waals surface area contributed by atoms with Crippen LogP contribution in [0.2, 0.25) is 5.02 Å². The maximum absolute atomic E-state index is 13.3. The summed E-state index contributed by atoms with van der Waals surface area (Å²) in [5.41, 5.74) is 4.47. The third-order valence-corrected chi connectivity index (χ3v) is 7.75. The molecule has 0 saturated carbocycles. The lowest BCUT2D eigenvalue weighted by Crippen LogP contribution is -2.23. The highest BCUT2D eigenvalue weighted by Gasteiger charge is 2.24. The number of thioether (sulfide) groups is 1. The number of aryl methyl sites for hydroxylation is 1. The quantitative estimate of drug-likeness (QED) is 0.209. The molecule has 0 aliphatic rings. The van der Waals surface area contributed by atoms with Gasteiger partial charge < -0.3 is 19.5 Å². The zero-order valence-corrected chi connectivity index (χ0v) is 24.3. The number of pyridine rings is 1. The number of rotatable bonds is 9. The molecule has 0 bridgehead atoms. The van der Waals surface area contributed by atoms with Crippen molar-refractivity contribution in [2.45, 2.75) is 24.1 Å². The molecule has 40 heavy (non-hydrogen) atoms. The first-order chi connectivity index (χ1) is 19.3. The molecule has 1 N–H and O–H groups in total. The van der Waals surface area contributed by atoms with E-state index in [1.165, 1.54) is 18.9 Å². The first-order valence-corrected chi connectivity index (χ1v) is 13.6. The van der Waals surface area contributed by atoms with Crippen molar-refractivity contribution in [2.24, 2.45) is 0 Å². The first kappa shape index (κ1) is 28.8. The minimum atomic E-state index is -0.605. The number of benzene rings is 3. The normalized spacial score (nSPS) is 11.3. The lowest BCUT2D eigenvalue weighted by atomic mass is 9.98. The van der Waals surface area contributed by atoms with Crippen molar-refractivity contribution in [3.05, 3.63) is 82.9 Å². The number of amides is 1. The van der Waals surface area contributed by atoms with Crippen LogP contribution in [0.5, 0.6) is 17.2 Å². The highest BCUT2D eigenvalue weighted by molar-refractivity contribution is 8.00. The van der Waals surface area contributed by atoms with Crippen LogP contribution in [0, 0.1) is 18.3 Å². The second-order valence-electron chi connectivity index (χ2n) is 8.83. The Morgan fingerprint density at radius 1 is 0.975 bits per heavy atom. The first-order valence-electron chi connectivity index (χ1n) is 12.3. The lowest BCUT2D eigenvalue weighted by molar-refractivity contribution is -0.115. The van der Waals surface area contributed by atoms with E-state index in [0.717, 1.165) is 11.1 Å². The minimum absolute atomic E-state index is 0.277. The third kappa shape index (κ3) is 6.17. The zero-order chi connectivity index (χ0) is 28.8. The van der Waals surface area contributed by atoms with Crippen molar-refractivity contribution in [2.75, 3.05) is 26.6 Å². The molecule has 1 unspecified atom stereocenters. The van der Waals surface area contributed by atoms with Gasteiger partial charge in [-0.15, -0.1) is 0 Å².